The van der Waals surface area contributed by atoms with Gasteiger partial charge < -0.3 is 14.4 Å². The van der Waals surface area contributed by atoms with Gasteiger partial charge in [0.2, 0.25) is 0 Å². The zero-order valence-corrected chi connectivity index (χ0v) is 18.9. The zero-order valence-electron chi connectivity index (χ0n) is 18.2. The molecule has 1 aromatic carbocycles. The normalized spacial score (nSPS) is 20.2. The van der Waals surface area contributed by atoms with Gasteiger partial charge in [0.1, 0.15) is 11.5 Å². The van der Waals surface area contributed by atoms with Crippen LogP contribution in [0.25, 0.3) is 22.7 Å². The molecule has 35 heavy (non-hydrogen) atoms. The summed E-state index contributed by atoms with van der Waals surface area (Å²) in [6.45, 7) is 3.04. The minimum atomic E-state index is -4.85. The number of benzene rings is 1. The predicted octanol–water partition coefficient (Wildman–Crippen LogP) is 5.69. The number of pyridine rings is 1. The number of amides is 1. The number of amidine groups is 1. The highest BCUT2D eigenvalue weighted by Crippen LogP contribution is 2.42. The second-order valence-corrected chi connectivity index (χ2v) is 8.50. The van der Waals surface area contributed by atoms with E-state index in [1.54, 1.807) is 24.4 Å². The van der Waals surface area contributed by atoms with Crippen LogP contribution >= 0.6 is 11.6 Å². The van der Waals surface area contributed by atoms with Crippen molar-refractivity contribution in [3.8, 4) is 22.7 Å². The molecule has 4 rings (SSSR count). The van der Waals surface area contributed by atoms with Crippen molar-refractivity contribution in [2.24, 2.45) is 4.99 Å². The molecule has 0 spiro atoms. The van der Waals surface area contributed by atoms with Crippen molar-refractivity contribution in [1.29, 1.82) is 0 Å². The number of aryl methyl sites for hydroxylation is 1. The maximum atomic E-state index is 14.9. The third-order valence-electron chi connectivity index (χ3n) is 5.39. The number of carbonyl (C=O) groups is 1. The van der Waals surface area contributed by atoms with Crippen LogP contribution in [-0.4, -0.2) is 39.6 Å². The van der Waals surface area contributed by atoms with E-state index in [-0.39, 0.29) is 11.3 Å². The topological polar surface area (TPSA) is 110 Å². The Labute approximate surface area is 200 Å². The van der Waals surface area contributed by atoms with Gasteiger partial charge in [0.15, 0.2) is 11.9 Å². The van der Waals surface area contributed by atoms with E-state index in [0.29, 0.717) is 22.0 Å². The van der Waals surface area contributed by atoms with Crippen LogP contribution in [0.1, 0.15) is 24.5 Å². The summed E-state index contributed by atoms with van der Waals surface area (Å²) in [5, 5.41) is 15.0. The lowest BCUT2D eigenvalue weighted by Gasteiger charge is -2.36. The molecule has 13 heteroatoms. The number of nitrogens with zero attached hydrogens (tertiary/aromatic N) is 3. The highest BCUT2D eigenvalue weighted by molar-refractivity contribution is 6.30. The van der Waals surface area contributed by atoms with Crippen molar-refractivity contribution < 1.29 is 36.7 Å². The van der Waals surface area contributed by atoms with Gasteiger partial charge in [-0.25, -0.2) is 19.5 Å². The fourth-order valence-corrected chi connectivity index (χ4v) is 3.97. The average Bonchev–Trinajstić information content (AvgIpc) is 3.22. The summed E-state index contributed by atoms with van der Waals surface area (Å²) in [5.41, 5.74) is -0.0987. The Balaban J connectivity index is 1.75. The van der Waals surface area contributed by atoms with Gasteiger partial charge in [-0.15, -0.1) is 0 Å². The minimum Gasteiger partial charge on any atom is -0.465 e. The minimum absolute atomic E-state index is 0.202. The molecule has 0 unspecified atom stereocenters. The molecule has 0 saturated carbocycles. The maximum absolute atomic E-state index is 14.9. The Bertz CT molecular complexity index is 1330. The van der Waals surface area contributed by atoms with Crippen molar-refractivity contribution in [3.05, 3.63) is 58.5 Å². The van der Waals surface area contributed by atoms with Gasteiger partial charge >= 0.3 is 12.3 Å². The summed E-state index contributed by atoms with van der Waals surface area (Å²) in [7, 11) is 0. The zero-order chi connectivity index (χ0) is 25.5. The van der Waals surface area contributed by atoms with Crippen LogP contribution in [0.4, 0.5) is 22.4 Å². The standard InChI is InChI=1S/C22H17ClF4N4O4/c1-10-5-12(23)9-28-18(10)15-7-16(35-31-15)11-3-4-14(24)13(6-11)21(2)8-17(22(25,26)27)34-19(30-21)29-20(32)33/h3-7,9,17H,8H2,1-2H3,(H,29,30)(H,32,33)/t17-,21-/m0/s1. The monoisotopic (exact) mass is 512 g/mol. The first-order valence-electron chi connectivity index (χ1n) is 10.1. The van der Waals surface area contributed by atoms with Crippen LogP contribution < -0.4 is 5.32 Å². The van der Waals surface area contributed by atoms with E-state index in [4.69, 9.17) is 21.2 Å². The van der Waals surface area contributed by atoms with E-state index in [1.165, 1.54) is 25.3 Å². The van der Waals surface area contributed by atoms with Crippen molar-refractivity contribution in [2.45, 2.75) is 38.1 Å². The van der Waals surface area contributed by atoms with Crippen molar-refractivity contribution in [3.63, 3.8) is 0 Å². The van der Waals surface area contributed by atoms with Crippen LogP contribution in [0.3, 0.4) is 0 Å². The number of ether oxygens (including phenoxy) is 1. The number of alkyl halides is 3. The Morgan fingerprint density at radius 3 is 2.69 bits per heavy atom. The third kappa shape index (κ3) is 5.06. The molecule has 0 fully saturated rings. The molecule has 3 heterocycles. The van der Waals surface area contributed by atoms with Gasteiger partial charge in [0.25, 0.3) is 6.02 Å². The first-order valence-corrected chi connectivity index (χ1v) is 10.5. The Hall–Kier alpha value is -3.67. The van der Waals surface area contributed by atoms with E-state index in [1.807, 2.05) is 0 Å². The molecule has 2 N–H and O–H groups in total. The molecular formula is C22H17ClF4N4O4. The molecule has 1 amide bonds. The molecule has 1 aliphatic heterocycles. The molecule has 0 aliphatic carbocycles. The number of hydrogen-bond acceptors (Lipinski definition) is 6. The highest BCUT2D eigenvalue weighted by atomic mass is 35.5. The fraction of sp³-hybridized carbons (Fsp3) is 0.273. The van der Waals surface area contributed by atoms with Gasteiger partial charge in [-0.2, -0.15) is 13.2 Å². The maximum Gasteiger partial charge on any atom is 0.425 e. The van der Waals surface area contributed by atoms with Crippen molar-refractivity contribution in [1.82, 2.24) is 15.5 Å². The SMILES string of the molecule is Cc1cc(Cl)cnc1-c1cc(-c2ccc(F)c([C@]3(C)C[C@@H](C(F)(F)F)OC(NC(=O)O)=N3)c2)on1. The van der Waals surface area contributed by atoms with E-state index >= 15 is 0 Å². The first-order chi connectivity index (χ1) is 16.4. The highest BCUT2D eigenvalue weighted by Gasteiger charge is 2.50. The summed E-state index contributed by atoms with van der Waals surface area (Å²) >= 11 is 5.93. The molecule has 0 bridgehead atoms. The molecular weight excluding hydrogens is 496 g/mol. The summed E-state index contributed by atoms with van der Waals surface area (Å²) in [6.07, 6.45) is -8.27. The molecule has 0 saturated heterocycles. The summed E-state index contributed by atoms with van der Waals surface area (Å²) in [6, 6.07) is 6.06. The van der Waals surface area contributed by atoms with Crippen LogP contribution in [0.2, 0.25) is 5.02 Å². The summed E-state index contributed by atoms with van der Waals surface area (Å²) < 4.78 is 65.4. The average molecular weight is 513 g/mol. The molecule has 2 atom stereocenters. The van der Waals surface area contributed by atoms with Crippen molar-refractivity contribution in [2.75, 3.05) is 0 Å². The van der Waals surface area contributed by atoms with E-state index in [0.717, 1.165) is 11.6 Å². The summed E-state index contributed by atoms with van der Waals surface area (Å²) in [4.78, 5) is 19.2. The van der Waals surface area contributed by atoms with E-state index in [2.05, 4.69) is 19.9 Å². The lowest BCUT2D eigenvalue weighted by molar-refractivity contribution is -0.208. The van der Waals surface area contributed by atoms with Gasteiger partial charge in [-0.05, 0) is 43.7 Å². The third-order valence-corrected chi connectivity index (χ3v) is 5.60. The number of rotatable bonds is 3. The molecule has 3 aromatic rings. The lowest BCUT2D eigenvalue weighted by Crippen LogP contribution is -2.48. The number of nitrogens with one attached hydrogen (secondary N) is 1. The number of hydrogen-bond donors (Lipinski definition) is 2. The molecule has 0 radical (unpaired) electrons. The number of aliphatic imine (C=N–C) groups is 1. The van der Waals surface area contributed by atoms with Crippen LogP contribution in [0.15, 0.2) is 46.0 Å². The quantitative estimate of drug-likeness (QED) is 0.436. The second kappa shape index (κ2) is 8.84. The lowest BCUT2D eigenvalue weighted by atomic mass is 9.84. The van der Waals surface area contributed by atoms with Crippen LogP contribution in [0, 0.1) is 12.7 Å². The predicted molar refractivity (Wildman–Crippen MR) is 116 cm³/mol. The number of carboxylic acid groups (broad SMARTS) is 1. The van der Waals surface area contributed by atoms with Crippen molar-refractivity contribution >= 4 is 23.7 Å². The molecule has 2 aromatic heterocycles. The van der Waals surface area contributed by atoms with Gasteiger partial charge in [-0.1, -0.05) is 16.8 Å². The molecule has 184 valence electrons. The van der Waals surface area contributed by atoms with Crippen LogP contribution in [0.5, 0.6) is 0 Å². The Kier molecular flexibility index (Phi) is 6.18. The summed E-state index contributed by atoms with van der Waals surface area (Å²) in [5.74, 6) is -0.638. The first kappa shape index (κ1) is 24.5. The Morgan fingerprint density at radius 1 is 1.29 bits per heavy atom. The van der Waals surface area contributed by atoms with Gasteiger partial charge in [0.05, 0.1) is 16.3 Å². The molecule has 1 aliphatic rings. The van der Waals surface area contributed by atoms with Crippen LogP contribution in [-0.2, 0) is 10.3 Å². The van der Waals surface area contributed by atoms with Gasteiger partial charge in [0, 0.05) is 29.8 Å². The number of aromatic nitrogens is 2. The van der Waals surface area contributed by atoms with E-state index in [9.17, 15) is 22.4 Å². The van der Waals surface area contributed by atoms with E-state index < -0.39 is 42.2 Å². The van der Waals surface area contributed by atoms with Gasteiger partial charge in [-0.3, -0.25) is 4.98 Å². The molecule has 8 nitrogen and oxygen atoms in total. The Morgan fingerprint density at radius 2 is 2.03 bits per heavy atom. The number of halogens is 5. The second-order valence-electron chi connectivity index (χ2n) is 8.06. The fourth-order valence-electron chi connectivity index (χ4n) is 3.76. The smallest absolute Gasteiger partial charge is 0.425 e. The largest absolute Gasteiger partial charge is 0.465 e.